The molecule has 0 aromatic heterocycles. The Morgan fingerprint density at radius 3 is 2.43 bits per heavy atom. The van der Waals surface area contributed by atoms with E-state index >= 15 is 0 Å². The van der Waals surface area contributed by atoms with E-state index in [0.29, 0.717) is 0 Å². The molecule has 1 aliphatic carbocycles. The van der Waals surface area contributed by atoms with Crippen LogP contribution in [0.2, 0.25) is 0 Å². The van der Waals surface area contributed by atoms with Gasteiger partial charge in [0.2, 0.25) is 0 Å². The summed E-state index contributed by atoms with van der Waals surface area (Å²) in [6.07, 6.45) is 4.65. The number of hydrogen-bond acceptors (Lipinski definition) is 1. The lowest BCUT2D eigenvalue weighted by molar-refractivity contribution is -0.105. The minimum atomic E-state index is -2.39. The molecule has 0 bridgehead atoms. The molecule has 1 aliphatic heterocycles. The van der Waals surface area contributed by atoms with Crippen LogP contribution in [0.4, 0.5) is 8.78 Å². The fraction of sp³-hybridized carbons (Fsp3) is 1.00. The minimum Gasteiger partial charge on any atom is -0.316 e. The van der Waals surface area contributed by atoms with Crippen molar-refractivity contribution in [1.29, 1.82) is 0 Å². The van der Waals surface area contributed by atoms with Crippen LogP contribution in [-0.2, 0) is 0 Å². The Labute approximate surface area is 84.3 Å². The second-order valence-corrected chi connectivity index (χ2v) is 4.81. The summed E-state index contributed by atoms with van der Waals surface area (Å²) in [6, 6.07) is 0. The maximum Gasteiger partial charge on any atom is 0.251 e. The smallest absolute Gasteiger partial charge is 0.251 e. The quantitative estimate of drug-likeness (QED) is 0.743. The highest BCUT2D eigenvalue weighted by Gasteiger charge is 2.44. The lowest BCUT2D eigenvalue weighted by Gasteiger charge is -2.36. The highest BCUT2D eigenvalue weighted by Crippen LogP contribution is 2.43. The Morgan fingerprint density at radius 2 is 1.93 bits per heavy atom. The van der Waals surface area contributed by atoms with Crippen LogP contribution in [0.3, 0.4) is 0 Å². The number of rotatable bonds is 3. The molecule has 2 fully saturated rings. The van der Waals surface area contributed by atoms with Crippen LogP contribution in [0, 0.1) is 11.8 Å². The first-order valence-corrected chi connectivity index (χ1v) is 5.77. The summed E-state index contributed by atoms with van der Waals surface area (Å²) in [5.74, 6) is -2.48. The summed E-state index contributed by atoms with van der Waals surface area (Å²) in [6.45, 7) is 1.80. The standard InChI is InChI=1S/C11H19F2N/c12-11(13,10-4-1-5-10)7-9-3-2-6-14-8-9/h9-10,14H,1-8H2. The molecule has 1 saturated carbocycles. The SMILES string of the molecule is FC(F)(CC1CCCNC1)C1CCC1. The zero-order valence-electron chi connectivity index (χ0n) is 8.57. The van der Waals surface area contributed by atoms with Crippen molar-refractivity contribution in [1.82, 2.24) is 5.32 Å². The minimum absolute atomic E-state index is 0.116. The van der Waals surface area contributed by atoms with Gasteiger partial charge in [0.15, 0.2) is 0 Å². The van der Waals surface area contributed by atoms with Gasteiger partial charge in [0, 0.05) is 12.3 Å². The summed E-state index contributed by atoms with van der Waals surface area (Å²) in [7, 11) is 0. The van der Waals surface area contributed by atoms with E-state index in [1.54, 1.807) is 0 Å². The Kier molecular flexibility index (Phi) is 3.05. The van der Waals surface area contributed by atoms with Crippen molar-refractivity contribution in [3.63, 3.8) is 0 Å². The van der Waals surface area contributed by atoms with Crippen LogP contribution >= 0.6 is 0 Å². The Hall–Kier alpha value is -0.180. The highest BCUT2D eigenvalue weighted by atomic mass is 19.3. The van der Waals surface area contributed by atoms with Gasteiger partial charge in [0.25, 0.3) is 5.92 Å². The van der Waals surface area contributed by atoms with E-state index in [2.05, 4.69) is 5.32 Å². The molecule has 1 atom stereocenters. The third kappa shape index (κ3) is 2.25. The molecular formula is C11H19F2N. The molecule has 0 amide bonds. The lowest BCUT2D eigenvalue weighted by atomic mass is 9.76. The average molecular weight is 203 g/mol. The summed E-state index contributed by atoms with van der Waals surface area (Å²) in [4.78, 5) is 0. The van der Waals surface area contributed by atoms with Crippen molar-refractivity contribution >= 4 is 0 Å². The van der Waals surface area contributed by atoms with Gasteiger partial charge >= 0.3 is 0 Å². The molecule has 1 heterocycles. The summed E-state index contributed by atoms with van der Waals surface area (Å²) >= 11 is 0. The van der Waals surface area contributed by atoms with E-state index in [1.165, 1.54) is 0 Å². The molecule has 0 aromatic carbocycles. The molecule has 1 nitrogen and oxygen atoms in total. The summed E-state index contributed by atoms with van der Waals surface area (Å²) in [5, 5.41) is 3.20. The van der Waals surface area contributed by atoms with Crippen molar-refractivity contribution in [3.8, 4) is 0 Å². The van der Waals surface area contributed by atoms with E-state index in [9.17, 15) is 8.78 Å². The zero-order chi connectivity index (χ0) is 10.0. The first-order chi connectivity index (χ1) is 6.68. The summed E-state index contributed by atoms with van der Waals surface area (Å²) in [5.41, 5.74) is 0. The number of hydrogen-bond donors (Lipinski definition) is 1. The van der Waals surface area contributed by atoms with Gasteiger partial charge in [-0.05, 0) is 44.7 Å². The van der Waals surface area contributed by atoms with Crippen molar-refractivity contribution in [2.24, 2.45) is 11.8 Å². The van der Waals surface area contributed by atoms with Gasteiger partial charge in [-0.2, -0.15) is 0 Å². The number of nitrogens with one attached hydrogen (secondary N) is 1. The first kappa shape index (κ1) is 10.3. The van der Waals surface area contributed by atoms with Gasteiger partial charge in [-0.15, -0.1) is 0 Å². The van der Waals surface area contributed by atoms with Crippen molar-refractivity contribution in [2.75, 3.05) is 13.1 Å². The van der Waals surface area contributed by atoms with Crippen molar-refractivity contribution in [3.05, 3.63) is 0 Å². The number of alkyl halides is 2. The molecule has 3 heteroatoms. The van der Waals surface area contributed by atoms with E-state index in [4.69, 9.17) is 0 Å². The molecule has 82 valence electrons. The number of halogens is 2. The second kappa shape index (κ2) is 4.13. The van der Waals surface area contributed by atoms with E-state index in [1.807, 2.05) is 0 Å². The maximum atomic E-state index is 13.6. The largest absolute Gasteiger partial charge is 0.316 e. The van der Waals surface area contributed by atoms with Crippen LogP contribution in [0.25, 0.3) is 0 Å². The predicted octanol–water partition coefficient (Wildman–Crippen LogP) is 2.81. The predicted molar refractivity (Wildman–Crippen MR) is 52.5 cm³/mol. The fourth-order valence-corrected chi connectivity index (χ4v) is 2.48. The Balaban J connectivity index is 1.81. The molecule has 2 rings (SSSR count). The maximum absolute atomic E-state index is 13.6. The Bertz CT molecular complexity index is 184. The monoisotopic (exact) mass is 203 g/mol. The molecule has 1 unspecified atom stereocenters. The fourth-order valence-electron chi connectivity index (χ4n) is 2.48. The normalized spacial score (nSPS) is 30.0. The van der Waals surface area contributed by atoms with Crippen LogP contribution < -0.4 is 5.32 Å². The molecule has 0 aromatic rings. The van der Waals surface area contributed by atoms with Gasteiger partial charge in [0.05, 0.1) is 0 Å². The second-order valence-electron chi connectivity index (χ2n) is 4.81. The van der Waals surface area contributed by atoms with Gasteiger partial charge in [-0.25, -0.2) is 8.78 Å². The topological polar surface area (TPSA) is 12.0 Å². The first-order valence-electron chi connectivity index (χ1n) is 5.77. The average Bonchev–Trinajstić information content (AvgIpc) is 2.00. The van der Waals surface area contributed by atoms with Crippen molar-refractivity contribution in [2.45, 2.75) is 44.4 Å². The molecule has 1 N–H and O–H groups in total. The number of piperidine rings is 1. The van der Waals surface area contributed by atoms with Crippen LogP contribution in [0.5, 0.6) is 0 Å². The van der Waals surface area contributed by atoms with E-state index in [0.717, 1.165) is 45.2 Å². The van der Waals surface area contributed by atoms with E-state index in [-0.39, 0.29) is 18.3 Å². The molecule has 1 saturated heterocycles. The zero-order valence-corrected chi connectivity index (χ0v) is 8.57. The Morgan fingerprint density at radius 1 is 1.14 bits per heavy atom. The van der Waals surface area contributed by atoms with Crippen LogP contribution in [0.1, 0.15) is 38.5 Å². The molecular weight excluding hydrogens is 184 g/mol. The highest BCUT2D eigenvalue weighted by molar-refractivity contribution is 4.86. The van der Waals surface area contributed by atoms with Gasteiger partial charge in [-0.1, -0.05) is 6.42 Å². The van der Waals surface area contributed by atoms with Gasteiger partial charge < -0.3 is 5.32 Å². The van der Waals surface area contributed by atoms with Crippen LogP contribution in [-0.4, -0.2) is 19.0 Å². The summed E-state index contributed by atoms with van der Waals surface area (Å²) < 4.78 is 27.3. The van der Waals surface area contributed by atoms with Crippen LogP contribution in [0.15, 0.2) is 0 Å². The third-order valence-electron chi connectivity index (χ3n) is 3.66. The van der Waals surface area contributed by atoms with Gasteiger partial charge in [0.1, 0.15) is 0 Å². The third-order valence-corrected chi connectivity index (χ3v) is 3.66. The van der Waals surface area contributed by atoms with E-state index < -0.39 is 5.92 Å². The van der Waals surface area contributed by atoms with Gasteiger partial charge in [-0.3, -0.25) is 0 Å². The molecule has 0 radical (unpaired) electrons. The lowest BCUT2D eigenvalue weighted by Crippen LogP contribution is -2.39. The molecule has 2 aliphatic rings. The van der Waals surface area contributed by atoms with Crippen molar-refractivity contribution < 1.29 is 8.78 Å². The molecule has 0 spiro atoms. The molecule has 14 heavy (non-hydrogen) atoms.